The third kappa shape index (κ3) is 2.88. The van der Waals surface area contributed by atoms with Crippen LogP contribution in [-0.4, -0.2) is 37.0 Å². The molecule has 0 aromatic heterocycles. The van der Waals surface area contributed by atoms with Gasteiger partial charge in [0.15, 0.2) is 0 Å². The second kappa shape index (κ2) is 6.22. The maximum absolute atomic E-state index is 12.7. The van der Waals surface area contributed by atoms with Gasteiger partial charge in [-0.15, -0.1) is 0 Å². The summed E-state index contributed by atoms with van der Waals surface area (Å²) < 4.78 is 26.8. The summed E-state index contributed by atoms with van der Waals surface area (Å²) in [7, 11) is -3.54. The Morgan fingerprint density at radius 3 is 2.55 bits per heavy atom. The molecule has 0 radical (unpaired) electrons. The van der Waals surface area contributed by atoms with Crippen molar-refractivity contribution in [1.29, 1.82) is 0 Å². The summed E-state index contributed by atoms with van der Waals surface area (Å²) in [6, 6.07) is 5.07. The van der Waals surface area contributed by atoms with Crippen molar-refractivity contribution in [3.8, 4) is 0 Å². The molecule has 0 spiro atoms. The number of nitrogens with two attached hydrogens (primary N) is 1. The van der Waals surface area contributed by atoms with Crippen LogP contribution in [0.5, 0.6) is 0 Å². The van der Waals surface area contributed by atoms with E-state index in [4.69, 9.17) is 10.8 Å². The lowest BCUT2D eigenvalue weighted by molar-refractivity contribution is 0.178. The summed E-state index contributed by atoms with van der Waals surface area (Å²) in [4.78, 5) is 0.285. The van der Waals surface area contributed by atoms with Crippen LogP contribution >= 0.6 is 0 Å². The molecule has 0 bridgehead atoms. The summed E-state index contributed by atoms with van der Waals surface area (Å²) in [5.41, 5.74) is 7.43. The lowest BCUT2D eigenvalue weighted by Gasteiger charge is -2.36. The number of aliphatic hydroxyl groups is 1. The summed E-state index contributed by atoms with van der Waals surface area (Å²) in [5.74, 6) is 0. The predicted octanol–water partition coefficient (Wildman–Crippen LogP) is 0.989. The zero-order chi connectivity index (χ0) is 14.8. The fourth-order valence-corrected chi connectivity index (χ4v) is 4.23. The monoisotopic (exact) mass is 298 g/mol. The van der Waals surface area contributed by atoms with E-state index in [1.807, 2.05) is 6.92 Å². The van der Waals surface area contributed by atoms with Crippen molar-refractivity contribution in [1.82, 2.24) is 4.31 Å². The van der Waals surface area contributed by atoms with Crippen molar-refractivity contribution in [3.63, 3.8) is 0 Å². The molecule has 1 saturated carbocycles. The molecule has 20 heavy (non-hydrogen) atoms. The first-order chi connectivity index (χ1) is 9.50. The zero-order valence-electron chi connectivity index (χ0n) is 11.7. The molecular formula is C14H22N2O3S. The molecule has 0 aliphatic heterocycles. The van der Waals surface area contributed by atoms with Crippen LogP contribution < -0.4 is 5.73 Å². The van der Waals surface area contributed by atoms with E-state index >= 15 is 0 Å². The van der Waals surface area contributed by atoms with Gasteiger partial charge in [-0.1, -0.05) is 12.5 Å². The molecule has 1 aromatic rings. The number of nitrogens with zero attached hydrogens (tertiary/aromatic N) is 1. The van der Waals surface area contributed by atoms with Gasteiger partial charge in [-0.3, -0.25) is 0 Å². The molecule has 0 unspecified atom stereocenters. The van der Waals surface area contributed by atoms with Crippen molar-refractivity contribution in [3.05, 3.63) is 29.3 Å². The maximum Gasteiger partial charge on any atom is 0.243 e. The Balaban J connectivity index is 2.34. The standard InChI is InChI=1S/C14H22N2O3S/c1-11-9-14(6-5-12(11)10-15)20(18,19)16(7-8-17)13-3-2-4-13/h5-6,9,13,17H,2-4,7-8,10,15H2,1H3. The third-order valence-corrected chi connectivity index (χ3v) is 5.89. The van der Waals surface area contributed by atoms with Gasteiger partial charge in [0.25, 0.3) is 0 Å². The number of aliphatic hydroxyl groups excluding tert-OH is 1. The van der Waals surface area contributed by atoms with E-state index in [0.29, 0.717) is 6.54 Å². The molecule has 1 fully saturated rings. The van der Waals surface area contributed by atoms with Gasteiger partial charge in [-0.05, 0) is 43.0 Å². The molecule has 6 heteroatoms. The van der Waals surface area contributed by atoms with Gasteiger partial charge in [-0.25, -0.2) is 8.42 Å². The molecule has 0 amide bonds. The van der Waals surface area contributed by atoms with Crippen molar-refractivity contribution < 1.29 is 13.5 Å². The van der Waals surface area contributed by atoms with E-state index in [2.05, 4.69) is 0 Å². The van der Waals surface area contributed by atoms with E-state index in [-0.39, 0.29) is 24.1 Å². The van der Waals surface area contributed by atoms with Crippen LogP contribution in [0.3, 0.4) is 0 Å². The lowest BCUT2D eigenvalue weighted by atomic mass is 9.93. The molecule has 0 heterocycles. The first kappa shape index (κ1) is 15.4. The van der Waals surface area contributed by atoms with Gasteiger partial charge in [0.1, 0.15) is 0 Å². The average Bonchev–Trinajstić information content (AvgIpc) is 2.36. The van der Waals surface area contributed by atoms with Crippen LogP contribution in [0, 0.1) is 6.92 Å². The number of sulfonamides is 1. The SMILES string of the molecule is Cc1cc(S(=O)(=O)N(CCO)C2CCC2)ccc1CN. The summed E-state index contributed by atoms with van der Waals surface area (Å²) in [6.45, 7) is 2.26. The largest absolute Gasteiger partial charge is 0.395 e. The van der Waals surface area contributed by atoms with Crippen molar-refractivity contribution in [2.45, 2.75) is 43.7 Å². The highest BCUT2D eigenvalue weighted by Gasteiger charge is 2.34. The van der Waals surface area contributed by atoms with Gasteiger partial charge < -0.3 is 10.8 Å². The minimum Gasteiger partial charge on any atom is -0.395 e. The minimum absolute atomic E-state index is 0.0293. The zero-order valence-corrected chi connectivity index (χ0v) is 12.6. The number of aryl methyl sites for hydroxylation is 1. The second-order valence-electron chi connectivity index (χ2n) is 5.22. The van der Waals surface area contributed by atoms with Crippen LogP contribution in [0.25, 0.3) is 0 Å². The number of benzene rings is 1. The van der Waals surface area contributed by atoms with Gasteiger partial charge >= 0.3 is 0 Å². The topological polar surface area (TPSA) is 83.6 Å². The van der Waals surface area contributed by atoms with Crippen molar-refractivity contribution >= 4 is 10.0 Å². The molecule has 0 saturated heterocycles. The quantitative estimate of drug-likeness (QED) is 0.820. The Kier molecular flexibility index (Phi) is 4.80. The summed E-state index contributed by atoms with van der Waals surface area (Å²) >= 11 is 0. The molecule has 1 aliphatic carbocycles. The number of hydrogen-bond donors (Lipinski definition) is 2. The van der Waals surface area contributed by atoms with Crippen molar-refractivity contribution in [2.75, 3.05) is 13.2 Å². The highest BCUT2D eigenvalue weighted by Crippen LogP contribution is 2.30. The van der Waals surface area contributed by atoms with Crippen molar-refractivity contribution in [2.24, 2.45) is 5.73 Å². The molecule has 1 aliphatic rings. The van der Waals surface area contributed by atoms with Crippen LogP contribution in [0.1, 0.15) is 30.4 Å². The Morgan fingerprint density at radius 2 is 2.10 bits per heavy atom. The number of rotatable bonds is 6. The van der Waals surface area contributed by atoms with Crippen LogP contribution in [-0.2, 0) is 16.6 Å². The molecule has 5 nitrogen and oxygen atoms in total. The number of hydrogen-bond acceptors (Lipinski definition) is 4. The first-order valence-corrected chi connectivity index (χ1v) is 8.37. The Hall–Kier alpha value is -0.950. The molecule has 2 rings (SSSR count). The summed E-state index contributed by atoms with van der Waals surface area (Å²) in [6.07, 6.45) is 2.80. The van der Waals surface area contributed by atoms with E-state index in [1.54, 1.807) is 18.2 Å². The van der Waals surface area contributed by atoms with Crippen LogP contribution in [0.2, 0.25) is 0 Å². The first-order valence-electron chi connectivity index (χ1n) is 6.93. The highest BCUT2D eigenvalue weighted by molar-refractivity contribution is 7.89. The van der Waals surface area contributed by atoms with Gasteiger partial charge in [-0.2, -0.15) is 4.31 Å². The third-order valence-electron chi connectivity index (χ3n) is 3.94. The second-order valence-corrected chi connectivity index (χ2v) is 7.11. The molecular weight excluding hydrogens is 276 g/mol. The van der Waals surface area contributed by atoms with Gasteiger partial charge in [0, 0.05) is 19.1 Å². The Labute approximate surface area is 120 Å². The molecule has 112 valence electrons. The molecule has 0 atom stereocenters. The predicted molar refractivity (Wildman–Crippen MR) is 77.7 cm³/mol. The smallest absolute Gasteiger partial charge is 0.243 e. The lowest BCUT2D eigenvalue weighted by Crippen LogP contribution is -2.45. The van der Waals surface area contributed by atoms with E-state index in [1.165, 1.54) is 4.31 Å². The molecule has 3 N–H and O–H groups in total. The normalized spacial score (nSPS) is 16.4. The minimum atomic E-state index is -3.54. The van der Waals surface area contributed by atoms with Gasteiger partial charge in [0.2, 0.25) is 10.0 Å². The molecule has 1 aromatic carbocycles. The highest BCUT2D eigenvalue weighted by atomic mass is 32.2. The summed E-state index contributed by atoms with van der Waals surface area (Å²) in [5, 5.41) is 9.13. The Bertz CT molecular complexity index is 568. The van der Waals surface area contributed by atoms with E-state index in [0.717, 1.165) is 30.4 Å². The fraction of sp³-hybridized carbons (Fsp3) is 0.571. The Morgan fingerprint density at radius 1 is 1.40 bits per heavy atom. The maximum atomic E-state index is 12.7. The average molecular weight is 298 g/mol. The van der Waals surface area contributed by atoms with Crippen LogP contribution in [0.4, 0.5) is 0 Å². The van der Waals surface area contributed by atoms with E-state index < -0.39 is 10.0 Å². The van der Waals surface area contributed by atoms with Gasteiger partial charge in [0.05, 0.1) is 11.5 Å². The fourth-order valence-electron chi connectivity index (χ4n) is 2.47. The van der Waals surface area contributed by atoms with E-state index in [9.17, 15) is 8.42 Å². The van der Waals surface area contributed by atoms with Crippen LogP contribution in [0.15, 0.2) is 23.1 Å².